The molecular weight excluding hydrogens is 280 g/mol. The quantitative estimate of drug-likeness (QED) is 0.536. The summed E-state index contributed by atoms with van der Waals surface area (Å²) in [4.78, 5) is 8.38. The van der Waals surface area contributed by atoms with Crippen LogP contribution in [0, 0.1) is 0 Å². The standard InChI is InChI=1S/C21H26N2/c1-3-9-19(21-13-8-15-23-17-21)11-6-4-5-10-18(2)20-12-7-14-22-16-20/h7-9,12-17H,2-6,10-11H2,1H3/b19-9-. The van der Waals surface area contributed by atoms with Crippen LogP contribution in [0.3, 0.4) is 0 Å². The fourth-order valence-electron chi connectivity index (χ4n) is 2.71. The lowest BCUT2D eigenvalue weighted by Crippen LogP contribution is -1.89. The number of hydrogen-bond donors (Lipinski definition) is 0. The van der Waals surface area contributed by atoms with Crippen LogP contribution in [0.1, 0.15) is 56.6 Å². The molecule has 0 aromatic carbocycles. The second-order valence-electron chi connectivity index (χ2n) is 5.79. The lowest BCUT2D eigenvalue weighted by Gasteiger charge is -2.08. The number of rotatable bonds is 9. The highest BCUT2D eigenvalue weighted by Gasteiger charge is 2.02. The van der Waals surface area contributed by atoms with Gasteiger partial charge in [0.2, 0.25) is 0 Å². The van der Waals surface area contributed by atoms with Crippen molar-refractivity contribution >= 4 is 11.1 Å². The zero-order valence-electron chi connectivity index (χ0n) is 14.0. The highest BCUT2D eigenvalue weighted by atomic mass is 14.6. The smallest absolute Gasteiger partial charge is 0.0342 e. The van der Waals surface area contributed by atoms with Crippen LogP contribution in [0.15, 0.2) is 61.7 Å². The molecule has 2 heterocycles. The van der Waals surface area contributed by atoms with Crippen molar-refractivity contribution in [1.29, 1.82) is 0 Å². The van der Waals surface area contributed by atoms with Gasteiger partial charge in [0, 0.05) is 24.8 Å². The average Bonchev–Trinajstić information content (AvgIpc) is 2.62. The molecule has 0 aliphatic heterocycles. The Morgan fingerprint density at radius 2 is 1.61 bits per heavy atom. The minimum Gasteiger partial charge on any atom is -0.264 e. The average molecular weight is 306 g/mol. The first-order chi connectivity index (χ1) is 11.3. The van der Waals surface area contributed by atoms with Crippen LogP contribution in [0.25, 0.3) is 11.1 Å². The Bertz CT molecular complexity index is 615. The number of aromatic nitrogens is 2. The van der Waals surface area contributed by atoms with Gasteiger partial charge in [0.25, 0.3) is 0 Å². The van der Waals surface area contributed by atoms with Crippen molar-refractivity contribution in [2.75, 3.05) is 0 Å². The zero-order chi connectivity index (χ0) is 16.3. The van der Waals surface area contributed by atoms with E-state index in [1.807, 2.05) is 30.7 Å². The highest BCUT2D eigenvalue weighted by molar-refractivity contribution is 5.64. The first kappa shape index (κ1) is 17.1. The molecule has 120 valence electrons. The molecule has 0 saturated carbocycles. The SMILES string of the molecule is C=C(CCCCC/C(=C/CC)c1cccnc1)c1cccnc1. The molecule has 0 amide bonds. The van der Waals surface area contributed by atoms with E-state index < -0.39 is 0 Å². The molecule has 2 aromatic rings. The van der Waals surface area contributed by atoms with Crippen LogP contribution in [0.4, 0.5) is 0 Å². The molecule has 0 saturated heterocycles. The van der Waals surface area contributed by atoms with Crippen molar-refractivity contribution in [3.8, 4) is 0 Å². The lowest BCUT2D eigenvalue weighted by atomic mass is 9.98. The molecule has 0 aliphatic carbocycles. The summed E-state index contributed by atoms with van der Waals surface area (Å²) in [6.45, 7) is 6.36. The fourth-order valence-corrected chi connectivity index (χ4v) is 2.71. The molecule has 0 bridgehead atoms. The third-order valence-corrected chi connectivity index (χ3v) is 3.98. The van der Waals surface area contributed by atoms with Gasteiger partial charge < -0.3 is 0 Å². The van der Waals surface area contributed by atoms with Crippen molar-refractivity contribution < 1.29 is 0 Å². The van der Waals surface area contributed by atoms with Crippen molar-refractivity contribution in [3.63, 3.8) is 0 Å². The van der Waals surface area contributed by atoms with Gasteiger partial charge in [-0.3, -0.25) is 9.97 Å². The first-order valence-electron chi connectivity index (χ1n) is 8.49. The van der Waals surface area contributed by atoms with E-state index in [9.17, 15) is 0 Å². The Kier molecular flexibility index (Phi) is 7.25. The number of nitrogens with zero attached hydrogens (tertiary/aromatic N) is 2. The largest absolute Gasteiger partial charge is 0.264 e. The first-order valence-corrected chi connectivity index (χ1v) is 8.49. The maximum absolute atomic E-state index is 4.23. The van der Waals surface area contributed by atoms with Gasteiger partial charge in [-0.25, -0.2) is 0 Å². The zero-order valence-corrected chi connectivity index (χ0v) is 14.0. The molecule has 0 spiro atoms. The van der Waals surface area contributed by atoms with Crippen LogP contribution in [-0.2, 0) is 0 Å². The van der Waals surface area contributed by atoms with Crippen LogP contribution in [0.2, 0.25) is 0 Å². The molecule has 0 fully saturated rings. The van der Waals surface area contributed by atoms with Gasteiger partial charge in [0.05, 0.1) is 0 Å². The van der Waals surface area contributed by atoms with E-state index >= 15 is 0 Å². The summed E-state index contributed by atoms with van der Waals surface area (Å²) in [7, 11) is 0. The summed E-state index contributed by atoms with van der Waals surface area (Å²) in [6, 6.07) is 8.21. The Hall–Kier alpha value is -2.22. The van der Waals surface area contributed by atoms with Gasteiger partial charge >= 0.3 is 0 Å². The molecule has 2 aromatic heterocycles. The van der Waals surface area contributed by atoms with Crippen LogP contribution in [-0.4, -0.2) is 9.97 Å². The summed E-state index contributed by atoms with van der Waals surface area (Å²) in [5.74, 6) is 0. The molecule has 0 N–H and O–H groups in total. The summed E-state index contributed by atoms with van der Waals surface area (Å²) >= 11 is 0. The summed E-state index contributed by atoms with van der Waals surface area (Å²) in [6.07, 6.45) is 16.7. The molecule has 23 heavy (non-hydrogen) atoms. The third-order valence-electron chi connectivity index (χ3n) is 3.98. The topological polar surface area (TPSA) is 25.8 Å². The van der Waals surface area contributed by atoms with Gasteiger partial charge in [-0.05, 0) is 66.5 Å². The van der Waals surface area contributed by atoms with E-state index in [1.165, 1.54) is 36.0 Å². The van der Waals surface area contributed by atoms with E-state index in [0.29, 0.717) is 0 Å². The Balaban J connectivity index is 1.74. The lowest BCUT2D eigenvalue weighted by molar-refractivity contribution is 0.705. The summed E-state index contributed by atoms with van der Waals surface area (Å²) < 4.78 is 0. The minimum atomic E-state index is 1.05. The molecule has 0 aliphatic rings. The molecule has 2 nitrogen and oxygen atoms in total. The number of pyridine rings is 2. The number of unbranched alkanes of at least 4 members (excludes halogenated alkanes) is 2. The predicted molar refractivity (Wildman–Crippen MR) is 98.9 cm³/mol. The fraction of sp³-hybridized carbons (Fsp3) is 0.333. The Labute approximate surface area is 140 Å². The van der Waals surface area contributed by atoms with Gasteiger partial charge in [0.1, 0.15) is 0 Å². The van der Waals surface area contributed by atoms with Crippen molar-refractivity contribution in [2.45, 2.75) is 45.4 Å². The van der Waals surface area contributed by atoms with E-state index in [4.69, 9.17) is 0 Å². The molecule has 0 unspecified atom stereocenters. The Morgan fingerprint density at radius 3 is 2.22 bits per heavy atom. The summed E-state index contributed by atoms with van der Waals surface area (Å²) in [5, 5.41) is 0. The van der Waals surface area contributed by atoms with Crippen molar-refractivity contribution in [3.05, 3.63) is 72.8 Å². The molecular formula is C21H26N2. The molecule has 2 heteroatoms. The Morgan fingerprint density at radius 1 is 0.957 bits per heavy atom. The van der Waals surface area contributed by atoms with Crippen LogP contribution in [0.5, 0.6) is 0 Å². The van der Waals surface area contributed by atoms with E-state index in [2.05, 4.69) is 41.7 Å². The maximum Gasteiger partial charge on any atom is 0.0342 e. The molecule has 2 rings (SSSR count). The molecule has 0 radical (unpaired) electrons. The van der Waals surface area contributed by atoms with Crippen LogP contribution < -0.4 is 0 Å². The van der Waals surface area contributed by atoms with Crippen molar-refractivity contribution in [2.24, 2.45) is 0 Å². The van der Waals surface area contributed by atoms with Gasteiger partial charge in [-0.15, -0.1) is 0 Å². The van der Waals surface area contributed by atoms with E-state index in [0.717, 1.165) is 24.8 Å². The predicted octanol–water partition coefficient (Wildman–Crippen LogP) is 5.93. The third kappa shape index (κ3) is 5.82. The van der Waals surface area contributed by atoms with Gasteiger partial charge in [0.15, 0.2) is 0 Å². The van der Waals surface area contributed by atoms with Crippen molar-refractivity contribution in [1.82, 2.24) is 9.97 Å². The van der Waals surface area contributed by atoms with Gasteiger partial charge in [-0.1, -0.05) is 38.1 Å². The van der Waals surface area contributed by atoms with Crippen LogP contribution >= 0.6 is 0 Å². The monoisotopic (exact) mass is 306 g/mol. The molecule has 0 atom stereocenters. The second kappa shape index (κ2) is 9.73. The summed E-state index contributed by atoms with van der Waals surface area (Å²) in [5.41, 5.74) is 5.03. The van der Waals surface area contributed by atoms with E-state index in [1.54, 1.807) is 6.20 Å². The number of allylic oxidation sites excluding steroid dienone is 3. The van der Waals surface area contributed by atoms with E-state index in [-0.39, 0.29) is 0 Å². The number of hydrogen-bond acceptors (Lipinski definition) is 2. The van der Waals surface area contributed by atoms with Gasteiger partial charge in [-0.2, -0.15) is 0 Å². The normalized spacial score (nSPS) is 11.4. The second-order valence-corrected chi connectivity index (χ2v) is 5.79. The highest BCUT2D eigenvalue weighted by Crippen LogP contribution is 2.23. The maximum atomic E-state index is 4.23. The minimum absolute atomic E-state index is 1.05.